The first-order valence-corrected chi connectivity index (χ1v) is 3.60. The molecule has 6 heteroatoms. The molecule has 66 valence electrons. The predicted octanol–water partition coefficient (Wildman–Crippen LogP) is -0.983. The van der Waals surface area contributed by atoms with Gasteiger partial charge in [0.05, 0.1) is 0 Å². The van der Waals surface area contributed by atoms with E-state index in [4.69, 9.17) is 0 Å². The van der Waals surface area contributed by atoms with Crippen LogP contribution in [0.2, 0.25) is 0 Å². The van der Waals surface area contributed by atoms with Crippen LogP contribution in [0.3, 0.4) is 0 Å². The standard InChI is InChI=1S/C7H6N4O2/c1-11-5-4(8-2-3-9-5)6(12)10-7(11)13/h2-3H,1H3,(H,10,12,13). The van der Waals surface area contributed by atoms with Crippen molar-refractivity contribution in [1.29, 1.82) is 0 Å². The fraction of sp³-hybridized carbons (Fsp3) is 0.143. The van der Waals surface area contributed by atoms with Crippen molar-refractivity contribution >= 4 is 11.2 Å². The number of hydrogen-bond donors (Lipinski definition) is 1. The molecule has 0 radical (unpaired) electrons. The minimum absolute atomic E-state index is 0.171. The first kappa shape index (κ1) is 7.66. The summed E-state index contributed by atoms with van der Waals surface area (Å²) in [6.45, 7) is 0. The van der Waals surface area contributed by atoms with Crippen molar-refractivity contribution in [3.63, 3.8) is 0 Å². The Kier molecular flexibility index (Phi) is 1.48. The second-order valence-electron chi connectivity index (χ2n) is 2.55. The second kappa shape index (κ2) is 2.51. The Morgan fingerprint density at radius 2 is 2.00 bits per heavy atom. The third kappa shape index (κ3) is 1.03. The fourth-order valence-corrected chi connectivity index (χ4v) is 1.07. The average molecular weight is 178 g/mol. The van der Waals surface area contributed by atoms with Crippen LogP contribution in [0, 0.1) is 0 Å². The summed E-state index contributed by atoms with van der Waals surface area (Å²) in [7, 11) is 1.52. The van der Waals surface area contributed by atoms with Gasteiger partial charge in [-0.05, 0) is 0 Å². The summed E-state index contributed by atoms with van der Waals surface area (Å²) >= 11 is 0. The van der Waals surface area contributed by atoms with Gasteiger partial charge in [-0.1, -0.05) is 0 Å². The van der Waals surface area contributed by atoms with E-state index in [9.17, 15) is 9.59 Å². The molecule has 0 aliphatic heterocycles. The lowest BCUT2D eigenvalue weighted by Gasteiger charge is -1.99. The molecule has 0 aliphatic rings. The summed E-state index contributed by atoms with van der Waals surface area (Å²) in [5.41, 5.74) is -0.537. The molecule has 2 aromatic rings. The highest BCUT2D eigenvalue weighted by atomic mass is 16.2. The van der Waals surface area contributed by atoms with Crippen molar-refractivity contribution in [2.75, 3.05) is 0 Å². The minimum Gasteiger partial charge on any atom is -0.279 e. The number of aromatic amines is 1. The lowest BCUT2D eigenvalue weighted by molar-refractivity contribution is 0.824. The van der Waals surface area contributed by atoms with Crippen molar-refractivity contribution in [3.05, 3.63) is 33.2 Å². The Hall–Kier alpha value is -1.98. The van der Waals surface area contributed by atoms with Crippen LogP contribution in [-0.4, -0.2) is 19.5 Å². The maximum absolute atomic E-state index is 11.2. The van der Waals surface area contributed by atoms with Gasteiger partial charge in [-0.2, -0.15) is 0 Å². The largest absolute Gasteiger partial charge is 0.329 e. The van der Waals surface area contributed by atoms with Crippen molar-refractivity contribution in [1.82, 2.24) is 19.5 Å². The average Bonchev–Trinajstić information content (AvgIpc) is 2.15. The molecule has 6 nitrogen and oxygen atoms in total. The van der Waals surface area contributed by atoms with Crippen molar-refractivity contribution in [2.24, 2.45) is 7.05 Å². The Morgan fingerprint density at radius 1 is 1.31 bits per heavy atom. The number of hydrogen-bond acceptors (Lipinski definition) is 4. The predicted molar refractivity (Wildman–Crippen MR) is 45.4 cm³/mol. The minimum atomic E-state index is -0.508. The van der Waals surface area contributed by atoms with Crippen LogP contribution < -0.4 is 11.2 Å². The first-order valence-electron chi connectivity index (χ1n) is 3.60. The molecule has 0 aromatic carbocycles. The van der Waals surface area contributed by atoms with Crippen molar-refractivity contribution < 1.29 is 0 Å². The molecule has 0 saturated heterocycles. The zero-order valence-corrected chi connectivity index (χ0v) is 6.81. The van der Waals surface area contributed by atoms with E-state index in [1.54, 1.807) is 0 Å². The van der Waals surface area contributed by atoms with Gasteiger partial charge in [-0.3, -0.25) is 14.3 Å². The van der Waals surface area contributed by atoms with Crippen LogP contribution in [0.15, 0.2) is 22.0 Å². The lowest BCUT2D eigenvalue weighted by Crippen LogP contribution is -2.29. The third-order valence-corrected chi connectivity index (χ3v) is 1.74. The Morgan fingerprint density at radius 3 is 2.77 bits per heavy atom. The monoisotopic (exact) mass is 178 g/mol. The molecule has 2 aromatic heterocycles. The zero-order chi connectivity index (χ0) is 9.42. The number of fused-ring (bicyclic) bond motifs is 1. The van der Waals surface area contributed by atoms with Crippen molar-refractivity contribution in [3.8, 4) is 0 Å². The molecule has 0 aliphatic carbocycles. The molecular formula is C7H6N4O2. The summed E-state index contributed by atoms with van der Waals surface area (Å²) < 4.78 is 1.24. The van der Waals surface area contributed by atoms with Crippen LogP contribution in [0.25, 0.3) is 11.2 Å². The maximum atomic E-state index is 11.2. The van der Waals surface area contributed by atoms with Gasteiger partial charge in [0.15, 0.2) is 11.2 Å². The summed E-state index contributed by atoms with van der Waals surface area (Å²) in [5.74, 6) is 0. The normalized spacial score (nSPS) is 10.5. The van der Waals surface area contributed by atoms with Gasteiger partial charge in [0, 0.05) is 19.4 Å². The molecule has 2 heterocycles. The molecule has 0 spiro atoms. The van der Waals surface area contributed by atoms with Gasteiger partial charge < -0.3 is 0 Å². The quantitative estimate of drug-likeness (QED) is 0.562. The molecule has 0 atom stereocenters. The van der Waals surface area contributed by atoms with Crippen LogP contribution in [0.4, 0.5) is 0 Å². The Balaban J connectivity index is 3.15. The molecular weight excluding hydrogens is 172 g/mol. The van der Waals surface area contributed by atoms with Crippen LogP contribution in [-0.2, 0) is 7.05 Å². The lowest BCUT2D eigenvalue weighted by atomic mass is 10.5. The van der Waals surface area contributed by atoms with E-state index in [0.29, 0.717) is 0 Å². The van der Waals surface area contributed by atoms with E-state index in [2.05, 4.69) is 15.0 Å². The molecule has 1 N–H and O–H groups in total. The SMILES string of the molecule is Cn1c(=O)[nH]c(=O)c2nccnc21. The van der Waals surface area contributed by atoms with E-state index in [1.807, 2.05) is 0 Å². The summed E-state index contributed by atoms with van der Waals surface area (Å²) in [4.78, 5) is 32.1. The summed E-state index contributed by atoms with van der Waals surface area (Å²) in [6.07, 6.45) is 2.84. The second-order valence-corrected chi connectivity index (χ2v) is 2.55. The molecule has 2 rings (SSSR count). The topological polar surface area (TPSA) is 80.6 Å². The van der Waals surface area contributed by atoms with E-state index in [0.717, 1.165) is 0 Å². The molecule has 13 heavy (non-hydrogen) atoms. The van der Waals surface area contributed by atoms with E-state index >= 15 is 0 Å². The maximum Gasteiger partial charge on any atom is 0.329 e. The summed E-state index contributed by atoms with van der Waals surface area (Å²) in [5, 5.41) is 0. The highest BCUT2D eigenvalue weighted by Gasteiger charge is 2.04. The van der Waals surface area contributed by atoms with Crippen LogP contribution >= 0.6 is 0 Å². The van der Waals surface area contributed by atoms with Gasteiger partial charge in [-0.15, -0.1) is 0 Å². The molecule has 0 saturated carbocycles. The number of aromatic nitrogens is 4. The van der Waals surface area contributed by atoms with Crippen LogP contribution in [0.1, 0.15) is 0 Å². The van der Waals surface area contributed by atoms with Gasteiger partial charge in [0.2, 0.25) is 0 Å². The van der Waals surface area contributed by atoms with Gasteiger partial charge in [-0.25, -0.2) is 14.8 Å². The molecule has 0 unspecified atom stereocenters. The smallest absolute Gasteiger partial charge is 0.279 e. The highest BCUT2D eigenvalue weighted by molar-refractivity contribution is 5.67. The number of nitrogens with zero attached hydrogens (tertiary/aromatic N) is 3. The fourth-order valence-electron chi connectivity index (χ4n) is 1.07. The molecule has 0 fully saturated rings. The number of rotatable bonds is 0. The number of H-pyrrole nitrogens is 1. The number of nitrogens with one attached hydrogen (secondary N) is 1. The van der Waals surface area contributed by atoms with E-state index < -0.39 is 11.2 Å². The zero-order valence-electron chi connectivity index (χ0n) is 6.81. The van der Waals surface area contributed by atoms with Gasteiger partial charge in [0.1, 0.15) is 0 Å². The Labute approximate surface area is 71.9 Å². The van der Waals surface area contributed by atoms with E-state index in [-0.39, 0.29) is 11.2 Å². The van der Waals surface area contributed by atoms with E-state index in [1.165, 1.54) is 24.0 Å². The first-order chi connectivity index (χ1) is 6.20. The van der Waals surface area contributed by atoms with Crippen molar-refractivity contribution in [2.45, 2.75) is 0 Å². The van der Waals surface area contributed by atoms with Gasteiger partial charge in [0.25, 0.3) is 5.56 Å². The molecule has 0 bridgehead atoms. The summed E-state index contributed by atoms with van der Waals surface area (Å²) in [6, 6.07) is 0. The molecule has 0 amide bonds. The highest BCUT2D eigenvalue weighted by Crippen LogP contribution is 1.95. The number of aryl methyl sites for hydroxylation is 1. The third-order valence-electron chi connectivity index (χ3n) is 1.74. The Bertz CT molecular complexity index is 568. The van der Waals surface area contributed by atoms with Crippen LogP contribution in [0.5, 0.6) is 0 Å². The van der Waals surface area contributed by atoms with Gasteiger partial charge >= 0.3 is 5.69 Å².